The van der Waals surface area contributed by atoms with Crippen LogP contribution in [-0.2, 0) is 17.9 Å². The van der Waals surface area contributed by atoms with E-state index in [-0.39, 0.29) is 6.07 Å². The lowest BCUT2D eigenvalue weighted by Gasteiger charge is -2.43. The number of nitrogens with zero attached hydrogens (tertiary/aromatic N) is 1. The smallest absolute Gasteiger partial charge is 0.417 e. The maximum Gasteiger partial charge on any atom is 0.417 e. The van der Waals surface area contributed by atoms with Crippen LogP contribution in [0.5, 0.6) is 5.75 Å². The summed E-state index contributed by atoms with van der Waals surface area (Å²) in [6.07, 6.45) is -9.11. The average molecular weight is 474 g/mol. The van der Waals surface area contributed by atoms with Crippen LogP contribution in [0.1, 0.15) is 46.8 Å². The van der Waals surface area contributed by atoms with Crippen LogP contribution in [0.25, 0.3) is 0 Å². The van der Waals surface area contributed by atoms with Crippen LogP contribution in [0, 0.1) is 0 Å². The second-order valence-electron chi connectivity index (χ2n) is 7.97. The fraction of sp³-hybridized carbons (Fsp3) is 0.435. The van der Waals surface area contributed by atoms with Gasteiger partial charge in [0.2, 0.25) is 0 Å². The number of likely N-dealkylation sites (tertiary alicyclic amines) is 1. The number of rotatable bonds is 5. The molecule has 1 unspecified atom stereocenters. The molecule has 33 heavy (non-hydrogen) atoms. The standard InChI is InChI=1S/C23H24F6N2O2/c1-3-31-11-7-10-21(14-31,15-8-5-4-6-9-15)30-20(32)19-17(23(27,28)29)12-16(22(24,25)26)13-18(19)33-2/h4-6,8-9,12-13H,3,7,10-11,14H2,1-2H3,(H,30,32). The molecule has 1 saturated heterocycles. The van der Waals surface area contributed by atoms with E-state index in [1.807, 2.05) is 6.92 Å². The zero-order valence-electron chi connectivity index (χ0n) is 18.1. The van der Waals surface area contributed by atoms with Gasteiger partial charge in [-0.3, -0.25) is 4.79 Å². The van der Waals surface area contributed by atoms with Crippen molar-refractivity contribution in [1.82, 2.24) is 10.2 Å². The Morgan fingerprint density at radius 2 is 1.76 bits per heavy atom. The largest absolute Gasteiger partial charge is 0.496 e. The SMILES string of the molecule is CCN1CCCC(NC(=O)c2c(OC)cc(C(F)(F)F)cc2C(F)(F)F)(c2ccccc2)C1. The van der Waals surface area contributed by atoms with Gasteiger partial charge in [0.05, 0.1) is 29.3 Å². The topological polar surface area (TPSA) is 41.6 Å². The molecule has 0 aliphatic carbocycles. The third-order valence-corrected chi connectivity index (χ3v) is 5.88. The Morgan fingerprint density at radius 1 is 1.09 bits per heavy atom. The maximum absolute atomic E-state index is 13.8. The number of nitrogens with one attached hydrogen (secondary N) is 1. The molecule has 1 aliphatic heterocycles. The lowest BCUT2D eigenvalue weighted by molar-refractivity contribution is -0.143. The first kappa shape index (κ1) is 24.9. The van der Waals surface area contributed by atoms with E-state index >= 15 is 0 Å². The molecular weight excluding hydrogens is 450 g/mol. The van der Waals surface area contributed by atoms with Crippen LogP contribution in [0.4, 0.5) is 26.3 Å². The molecule has 180 valence electrons. The fourth-order valence-corrected chi connectivity index (χ4v) is 4.26. The summed E-state index contributed by atoms with van der Waals surface area (Å²) < 4.78 is 85.9. The summed E-state index contributed by atoms with van der Waals surface area (Å²) in [7, 11) is 0.929. The minimum absolute atomic E-state index is 0.0498. The number of carbonyl (C=O) groups excluding carboxylic acids is 1. The van der Waals surface area contributed by atoms with Gasteiger partial charge in [-0.05, 0) is 43.6 Å². The van der Waals surface area contributed by atoms with Crippen molar-refractivity contribution in [3.8, 4) is 5.75 Å². The number of amides is 1. The third kappa shape index (κ3) is 5.26. The number of methoxy groups -OCH3 is 1. The molecule has 0 bridgehead atoms. The molecule has 1 heterocycles. The average Bonchev–Trinajstić information content (AvgIpc) is 2.77. The first-order chi connectivity index (χ1) is 15.4. The second kappa shape index (κ2) is 9.24. The van der Waals surface area contributed by atoms with E-state index in [0.717, 1.165) is 13.7 Å². The van der Waals surface area contributed by atoms with Crippen molar-refractivity contribution >= 4 is 5.91 Å². The highest BCUT2D eigenvalue weighted by Gasteiger charge is 2.44. The summed E-state index contributed by atoms with van der Waals surface area (Å²) >= 11 is 0. The summed E-state index contributed by atoms with van der Waals surface area (Å²) in [5.41, 5.74) is -4.52. The van der Waals surface area contributed by atoms with Gasteiger partial charge in [0, 0.05) is 6.54 Å². The van der Waals surface area contributed by atoms with Crippen molar-refractivity contribution < 1.29 is 35.9 Å². The van der Waals surface area contributed by atoms with Crippen molar-refractivity contribution in [1.29, 1.82) is 0 Å². The molecular formula is C23H24F6N2O2. The van der Waals surface area contributed by atoms with E-state index in [1.54, 1.807) is 30.3 Å². The Kier molecular flexibility index (Phi) is 6.97. The molecule has 2 aromatic carbocycles. The normalized spacial score (nSPS) is 19.9. The van der Waals surface area contributed by atoms with Crippen LogP contribution >= 0.6 is 0 Å². The monoisotopic (exact) mass is 474 g/mol. The number of hydrogen-bond acceptors (Lipinski definition) is 3. The predicted molar refractivity (Wildman–Crippen MR) is 110 cm³/mol. The number of hydrogen-bond donors (Lipinski definition) is 1. The van der Waals surface area contributed by atoms with Gasteiger partial charge in [-0.25, -0.2) is 0 Å². The van der Waals surface area contributed by atoms with Crippen molar-refractivity contribution in [3.63, 3.8) is 0 Å². The molecule has 1 amide bonds. The third-order valence-electron chi connectivity index (χ3n) is 5.88. The van der Waals surface area contributed by atoms with E-state index in [1.165, 1.54) is 0 Å². The lowest BCUT2D eigenvalue weighted by atomic mass is 9.81. The summed E-state index contributed by atoms with van der Waals surface area (Å²) in [6, 6.07) is 9.20. The molecule has 1 fully saturated rings. The summed E-state index contributed by atoms with van der Waals surface area (Å²) in [6.45, 7) is 3.72. The number of benzene rings is 2. The number of alkyl halides is 6. The molecule has 2 aromatic rings. The van der Waals surface area contributed by atoms with E-state index in [2.05, 4.69) is 10.2 Å². The van der Waals surface area contributed by atoms with E-state index in [4.69, 9.17) is 4.74 Å². The maximum atomic E-state index is 13.8. The molecule has 0 aromatic heterocycles. The molecule has 3 rings (SSSR count). The Morgan fingerprint density at radius 3 is 2.30 bits per heavy atom. The number of ether oxygens (including phenoxy) is 1. The van der Waals surface area contributed by atoms with Gasteiger partial charge in [0.15, 0.2) is 0 Å². The second-order valence-corrected chi connectivity index (χ2v) is 7.97. The van der Waals surface area contributed by atoms with E-state index < -0.39 is 46.2 Å². The Balaban J connectivity index is 2.13. The first-order valence-electron chi connectivity index (χ1n) is 10.4. The van der Waals surface area contributed by atoms with Crippen molar-refractivity contribution in [2.75, 3.05) is 26.7 Å². The van der Waals surface area contributed by atoms with E-state index in [9.17, 15) is 31.1 Å². The van der Waals surface area contributed by atoms with Gasteiger partial charge in [0.1, 0.15) is 5.75 Å². The summed E-state index contributed by atoms with van der Waals surface area (Å²) in [5.74, 6) is -1.93. The van der Waals surface area contributed by atoms with Crippen LogP contribution in [0.3, 0.4) is 0 Å². The molecule has 0 saturated carbocycles. The Labute approximate surface area is 187 Å². The molecule has 1 atom stereocenters. The predicted octanol–water partition coefficient (Wildman–Crippen LogP) is 5.47. The van der Waals surface area contributed by atoms with Crippen LogP contribution in [0.2, 0.25) is 0 Å². The highest BCUT2D eigenvalue weighted by molar-refractivity contribution is 5.99. The van der Waals surface area contributed by atoms with Gasteiger partial charge >= 0.3 is 12.4 Å². The summed E-state index contributed by atoms with van der Waals surface area (Å²) in [5, 5.41) is 2.73. The number of carbonyl (C=O) groups is 1. The summed E-state index contributed by atoms with van der Waals surface area (Å²) in [4.78, 5) is 15.4. The minimum Gasteiger partial charge on any atom is -0.496 e. The number of piperidine rings is 1. The van der Waals surface area contributed by atoms with Gasteiger partial charge in [-0.2, -0.15) is 26.3 Å². The van der Waals surface area contributed by atoms with Crippen LogP contribution in [-0.4, -0.2) is 37.6 Å². The van der Waals surface area contributed by atoms with Gasteiger partial charge in [-0.1, -0.05) is 37.3 Å². The van der Waals surface area contributed by atoms with Crippen molar-refractivity contribution in [2.24, 2.45) is 0 Å². The minimum atomic E-state index is -5.21. The van der Waals surface area contributed by atoms with Crippen LogP contribution in [0.15, 0.2) is 42.5 Å². The Hall–Kier alpha value is -2.75. The fourth-order valence-electron chi connectivity index (χ4n) is 4.26. The zero-order valence-corrected chi connectivity index (χ0v) is 18.1. The highest BCUT2D eigenvalue weighted by Crippen LogP contribution is 2.42. The lowest BCUT2D eigenvalue weighted by Crippen LogP contribution is -2.56. The first-order valence-corrected chi connectivity index (χ1v) is 10.4. The van der Waals surface area contributed by atoms with Crippen molar-refractivity contribution in [3.05, 3.63) is 64.7 Å². The van der Waals surface area contributed by atoms with Gasteiger partial charge in [0.25, 0.3) is 5.91 Å². The number of likely N-dealkylation sites (N-methyl/N-ethyl adjacent to an activating group) is 1. The van der Waals surface area contributed by atoms with E-state index in [0.29, 0.717) is 37.6 Å². The van der Waals surface area contributed by atoms with Gasteiger partial charge in [-0.15, -0.1) is 0 Å². The Bertz CT molecular complexity index is 991. The highest BCUT2D eigenvalue weighted by atomic mass is 19.4. The molecule has 1 aliphatic rings. The quantitative estimate of drug-likeness (QED) is 0.584. The molecule has 4 nitrogen and oxygen atoms in total. The molecule has 1 N–H and O–H groups in total. The zero-order chi connectivity index (χ0) is 24.4. The number of halogens is 6. The molecule has 0 radical (unpaired) electrons. The van der Waals surface area contributed by atoms with Gasteiger partial charge < -0.3 is 15.0 Å². The van der Waals surface area contributed by atoms with Crippen LogP contribution < -0.4 is 10.1 Å². The van der Waals surface area contributed by atoms with Crippen molar-refractivity contribution in [2.45, 2.75) is 37.7 Å². The molecule has 0 spiro atoms. The molecule has 10 heteroatoms.